The number of rotatable bonds is 5. The van der Waals surface area contributed by atoms with E-state index >= 15 is 0 Å². The third kappa shape index (κ3) is 4.59. The average molecular weight is 678 g/mol. The van der Waals surface area contributed by atoms with E-state index in [2.05, 4.69) is 173 Å². The van der Waals surface area contributed by atoms with Gasteiger partial charge in [0.2, 0.25) is 0 Å². The first-order chi connectivity index (χ1) is 26.3. The molecular weight excluding hydrogens is 647 g/mol. The molecule has 0 saturated carbocycles. The molecule has 0 atom stereocenters. The van der Waals surface area contributed by atoms with E-state index in [-0.39, 0.29) is 0 Å². The van der Waals surface area contributed by atoms with E-state index in [9.17, 15) is 0 Å². The van der Waals surface area contributed by atoms with Crippen LogP contribution in [-0.4, -0.2) is 9.55 Å². The number of hydrogen-bond acceptors (Lipinski definition) is 3. The maximum absolute atomic E-state index is 6.54. The Morgan fingerprint density at radius 2 is 1.15 bits per heavy atom. The third-order valence-corrected chi connectivity index (χ3v) is 10.6. The van der Waals surface area contributed by atoms with Crippen molar-refractivity contribution in [1.29, 1.82) is 0 Å². The highest BCUT2D eigenvalue weighted by molar-refractivity contribution is 6.19. The standard InChI is InChI=1S/C49H31N3O/c1-2-13-35-31-37(27-21-32(35)11-1)51(49-48-43(29-30-50-49)41-17-7-10-20-46(41)53-48)36-25-22-34(23-26-36)38-14-5-8-18-44(38)52-45-19-9-6-16-40(45)42-28-24-33-12-3-4-15-39(33)47(42)52/h1-31H. The Kier molecular flexibility index (Phi) is 6.52. The Bertz CT molecular complexity index is 3190. The molecule has 0 amide bonds. The molecule has 0 radical (unpaired) electrons. The van der Waals surface area contributed by atoms with E-state index in [0.29, 0.717) is 0 Å². The minimum atomic E-state index is 0.749. The van der Waals surface area contributed by atoms with Crippen molar-refractivity contribution in [2.75, 3.05) is 4.90 Å². The Hall–Kier alpha value is -7.17. The van der Waals surface area contributed by atoms with Crippen LogP contribution >= 0.6 is 0 Å². The van der Waals surface area contributed by atoms with Gasteiger partial charge in [-0.25, -0.2) is 4.98 Å². The molecule has 0 saturated heterocycles. The largest absolute Gasteiger partial charge is 0.452 e. The summed E-state index contributed by atoms with van der Waals surface area (Å²) in [6.45, 7) is 0. The maximum Gasteiger partial charge on any atom is 0.181 e. The van der Waals surface area contributed by atoms with Crippen molar-refractivity contribution in [3.8, 4) is 16.8 Å². The molecule has 0 fully saturated rings. The minimum Gasteiger partial charge on any atom is -0.452 e. The molecule has 3 aromatic heterocycles. The number of hydrogen-bond donors (Lipinski definition) is 0. The van der Waals surface area contributed by atoms with Gasteiger partial charge in [0.1, 0.15) is 5.58 Å². The monoisotopic (exact) mass is 677 g/mol. The second kappa shape index (κ2) is 11.7. The normalized spacial score (nSPS) is 11.8. The summed E-state index contributed by atoms with van der Waals surface area (Å²) in [6, 6.07) is 64.8. The predicted molar refractivity (Wildman–Crippen MR) is 221 cm³/mol. The summed E-state index contributed by atoms with van der Waals surface area (Å²) in [5.41, 5.74) is 9.45. The van der Waals surface area contributed by atoms with Crippen molar-refractivity contribution in [2.45, 2.75) is 0 Å². The summed E-state index contributed by atoms with van der Waals surface area (Å²) in [5, 5.41) is 9.44. The van der Waals surface area contributed by atoms with Crippen LogP contribution in [-0.2, 0) is 0 Å². The lowest BCUT2D eigenvalue weighted by atomic mass is 10.0. The van der Waals surface area contributed by atoms with Gasteiger partial charge < -0.3 is 8.98 Å². The molecule has 0 unspecified atom stereocenters. The molecule has 8 aromatic carbocycles. The first-order valence-corrected chi connectivity index (χ1v) is 18.0. The molecule has 0 aliphatic rings. The highest BCUT2D eigenvalue weighted by Crippen LogP contribution is 2.43. The van der Waals surface area contributed by atoms with Gasteiger partial charge in [-0.2, -0.15) is 0 Å². The number of fused-ring (bicyclic) bond motifs is 9. The van der Waals surface area contributed by atoms with Crippen molar-refractivity contribution in [1.82, 2.24) is 9.55 Å². The molecule has 4 heteroatoms. The molecule has 0 aliphatic carbocycles. The van der Waals surface area contributed by atoms with Crippen molar-refractivity contribution in [2.24, 2.45) is 0 Å². The molecule has 11 rings (SSSR count). The van der Waals surface area contributed by atoms with Gasteiger partial charge >= 0.3 is 0 Å². The van der Waals surface area contributed by atoms with Crippen LogP contribution in [0.25, 0.3) is 82.1 Å². The van der Waals surface area contributed by atoms with Crippen LogP contribution in [0.3, 0.4) is 0 Å². The molecule has 11 aromatic rings. The summed E-state index contributed by atoms with van der Waals surface area (Å²) in [6.07, 6.45) is 1.88. The van der Waals surface area contributed by atoms with Crippen LogP contribution in [0, 0.1) is 0 Å². The Morgan fingerprint density at radius 1 is 0.472 bits per heavy atom. The minimum absolute atomic E-state index is 0.749. The van der Waals surface area contributed by atoms with Crippen LogP contribution in [0.1, 0.15) is 0 Å². The van der Waals surface area contributed by atoms with Gasteiger partial charge in [-0.15, -0.1) is 0 Å². The number of aromatic nitrogens is 2. The fourth-order valence-electron chi connectivity index (χ4n) is 8.19. The number of nitrogens with zero attached hydrogens (tertiary/aromatic N) is 3. The fraction of sp³-hybridized carbons (Fsp3) is 0. The van der Waals surface area contributed by atoms with E-state index in [0.717, 1.165) is 61.3 Å². The summed E-state index contributed by atoms with van der Waals surface area (Å²) in [4.78, 5) is 7.19. The molecule has 0 N–H and O–H groups in total. The number of anilines is 3. The van der Waals surface area contributed by atoms with Crippen molar-refractivity contribution < 1.29 is 4.42 Å². The molecule has 3 heterocycles. The molecule has 0 aliphatic heterocycles. The zero-order valence-corrected chi connectivity index (χ0v) is 28.6. The Balaban J connectivity index is 1.10. The van der Waals surface area contributed by atoms with Gasteiger partial charge in [0.15, 0.2) is 11.4 Å². The van der Waals surface area contributed by atoms with Crippen LogP contribution in [0.15, 0.2) is 193 Å². The van der Waals surface area contributed by atoms with Crippen LogP contribution < -0.4 is 4.90 Å². The second-order valence-electron chi connectivity index (χ2n) is 13.6. The molecule has 0 bridgehead atoms. The summed E-state index contributed by atoms with van der Waals surface area (Å²) in [5.74, 6) is 0.749. The summed E-state index contributed by atoms with van der Waals surface area (Å²) < 4.78 is 8.99. The smallest absolute Gasteiger partial charge is 0.181 e. The number of furan rings is 1. The van der Waals surface area contributed by atoms with E-state index < -0.39 is 0 Å². The van der Waals surface area contributed by atoms with Gasteiger partial charge in [-0.1, -0.05) is 133 Å². The average Bonchev–Trinajstić information content (AvgIpc) is 3.78. The first-order valence-electron chi connectivity index (χ1n) is 18.0. The van der Waals surface area contributed by atoms with Crippen LogP contribution in [0.2, 0.25) is 0 Å². The Labute approximate surface area is 305 Å². The lowest BCUT2D eigenvalue weighted by molar-refractivity contribution is 0.667. The highest BCUT2D eigenvalue weighted by atomic mass is 16.3. The molecule has 0 spiro atoms. The zero-order valence-electron chi connectivity index (χ0n) is 28.6. The lowest BCUT2D eigenvalue weighted by Crippen LogP contribution is -2.11. The first kappa shape index (κ1) is 29.5. The Morgan fingerprint density at radius 3 is 2.04 bits per heavy atom. The van der Waals surface area contributed by atoms with Gasteiger partial charge in [0.05, 0.1) is 16.7 Å². The predicted octanol–water partition coefficient (Wildman–Crippen LogP) is 13.5. The summed E-state index contributed by atoms with van der Waals surface area (Å²) in [7, 11) is 0. The van der Waals surface area contributed by atoms with E-state index in [1.807, 2.05) is 24.4 Å². The van der Waals surface area contributed by atoms with Gasteiger partial charge in [-0.3, -0.25) is 4.90 Å². The van der Waals surface area contributed by atoms with E-state index in [4.69, 9.17) is 9.40 Å². The van der Waals surface area contributed by atoms with Crippen molar-refractivity contribution >= 4 is 82.5 Å². The van der Waals surface area contributed by atoms with Gasteiger partial charge in [-0.05, 0) is 70.3 Å². The SMILES string of the molecule is c1ccc(-n2c3ccccc3c3ccc4ccccc4c32)c(-c2ccc(N(c3ccc4ccccc4c3)c3nccc4c3oc3ccccc34)cc2)c1. The second-order valence-corrected chi connectivity index (χ2v) is 13.6. The van der Waals surface area contributed by atoms with Crippen LogP contribution in [0.4, 0.5) is 17.2 Å². The lowest BCUT2D eigenvalue weighted by Gasteiger charge is -2.25. The van der Waals surface area contributed by atoms with E-state index in [1.54, 1.807) is 0 Å². The number of benzene rings is 8. The summed E-state index contributed by atoms with van der Waals surface area (Å²) >= 11 is 0. The van der Waals surface area contributed by atoms with Gasteiger partial charge in [0.25, 0.3) is 0 Å². The number of para-hydroxylation sites is 3. The fourth-order valence-corrected chi connectivity index (χ4v) is 8.19. The number of pyridine rings is 1. The van der Waals surface area contributed by atoms with Crippen molar-refractivity contribution in [3.05, 3.63) is 188 Å². The quantitative estimate of drug-likeness (QED) is 0.182. The highest BCUT2D eigenvalue weighted by Gasteiger charge is 2.22. The molecule has 4 nitrogen and oxygen atoms in total. The molecule has 248 valence electrons. The topological polar surface area (TPSA) is 34.2 Å². The van der Waals surface area contributed by atoms with Crippen molar-refractivity contribution in [3.63, 3.8) is 0 Å². The maximum atomic E-state index is 6.54. The van der Waals surface area contributed by atoms with Gasteiger partial charge in [0, 0.05) is 50.1 Å². The van der Waals surface area contributed by atoms with E-state index in [1.165, 1.54) is 38.0 Å². The molecular formula is C49H31N3O. The zero-order chi connectivity index (χ0) is 34.9. The third-order valence-electron chi connectivity index (χ3n) is 10.6. The van der Waals surface area contributed by atoms with Crippen LogP contribution in [0.5, 0.6) is 0 Å². The molecule has 53 heavy (non-hydrogen) atoms.